The largest absolute Gasteiger partial charge is 0.377 e. The summed E-state index contributed by atoms with van der Waals surface area (Å²) in [6.45, 7) is 8.56. The van der Waals surface area contributed by atoms with E-state index in [4.69, 9.17) is 9.84 Å². The standard InChI is InChI=1S/C22H28N4O2/c1-22(2,3)19-18-12-15(13-23-14-17-10-7-11-28-17)21(27)24-20(18)26(25-19)16-8-5-4-6-9-16/h4-6,8-9,12,17,23H,7,10-11,13-14H2,1-3H3,(H,24,27). The average Bonchev–Trinajstić information content (AvgIpc) is 3.30. The molecule has 6 heteroatoms. The predicted octanol–water partition coefficient (Wildman–Crippen LogP) is 3.28. The van der Waals surface area contributed by atoms with E-state index in [0.717, 1.165) is 54.0 Å². The number of fused-ring (bicyclic) bond motifs is 1. The van der Waals surface area contributed by atoms with E-state index in [-0.39, 0.29) is 17.1 Å². The molecule has 1 aliphatic rings. The van der Waals surface area contributed by atoms with Crippen molar-refractivity contribution in [3.8, 4) is 5.69 Å². The summed E-state index contributed by atoms with van der Waals surface area (Å²) in [7, 11) is 0. The minimum atomic E-state index is -0.140. The molecule has 0 spiro atoms. The maximum atomic E-state index is 12.7. The number of aromatic amines is 1. The lowest BCUT2D eigenvalue weighted by molar-refractivity contribution is 0.110. The summed E-state index contributed by atoms with van der Waals surface area (Å²) < 4.78 is 7.48. The van der Waals surface area contributed by atoms with E-state index in [2.05, 4.69) is 31.1 Å². The van der Waals surface area contributed by atoms with Crippen LogP contribution in [-0.4, -0.2) is 34.0 Å². The van der Waals surface area contributed by atoms with Crippen LogP contribution in [0.1, 0.15) is 44.9 Å². The van der Waals surface area contributed by atoms with Gasteiger partial charge in [0.1, 0.15) is 5.65 Å². The number of nitrogens with zero attached hydrogens (tertiary/aromatic N) is 2. The van der Waals surface area contributed by atoms with Gasteiger partial charge in [-0.15, -0.1) is 0 Å². The second-order valence-corrected chi connectivity index (χ2v) is 8.50. The van der Waals surface area contributed by atoms with Crippen LogP contribution in [0.2, 0.25) is 0 Å². The molecule has 1 unspecified atom stereocenters. The number of para-hydroxylation sites is 1. The molecule has 3 heterocycles. The third kappa shape index (κ3) is 3.75. The summed E-state index contributed by atoms with van der Waals surface area (Å²) in [5, 5.41) is 9.23. The summed E-state index contributed by atoms with van der Waals surface area (Å²) in [5.41, 5.74) is 3.15. The van der Waals surface area contributed by atoms with E-state index in [1.54, 1.807) is 0 Å². The molecule has 0 radical (unpaired) electrons. The SMILES string of the molecule is CC(C)(C)c1nn(-c2ccccc2)c2[nH]c(=O)c(CNCC3CCCO3)cc12. The number of benzene rings is 1. The van der Waals surface area contributed by atoms with Gasteiger partial charge in [-0.3, -0.25) is 4.79 Å². The normalized spacial score (nSPS) is 17.5. The molecule has 0 bridgehead atoms. The van der Waals surface area contributed by atoms with Crippen molar-refractivity contribution in [2.75, 3.05) is 13.2 Å². The first-order valence-electron chi connectivity index (χ1n) is 9.96. The molecule has 0 amide bonds. The summed E-state index contributed by atoms with van der Waals surface area (Å²) in [5.74, 6) is 0. The minimum absolute atomic E-state index is 0.0788. The van der Waals surface area contributed by atoms with Crippen molar-refractivity contribution < 1.29 is 4.74 Å². The van der Waals surface area contributed by atoms with Gasteiger partial charge in [0.2, 0.25) is 0 Å². The van der Waals surface area contributed by atoms with Crippen LogP contribution in [0.15, 0.2) is 41.2 Å². The van der Waals surface area contributed by atoms with Crippen molar-refractivity contribution in [2.45, 2.75) is 51.7 Å². The highest BCUT2D eigenvalue weighted by Gasteiger charge is 2.24. The molecule has 1 fully saturated rings. The molecule has 2 N–H and O–H groups in total. The quantitative estimate of drug-likeness (QED) is 0.713. The smallest absolute Gasteiger partial charge is 0.254 e. The van der Waals surface area contributed by atoms with Gasteiger partial charge >= 0.3 is 0 Å². The van der Waals surface area contributed by atoms with E-state index in [9.17, 15) is 4.79 Å². The average molecular weight is 380 g/mol. The van der Waals surface area contributed by atoms with Gasteiger partial charge in [-0.1, -0.05) is 39.0 Å². The van der Waals surface area contributed by atoms with E-state index in [1.807, 2.05) is 41.1 Å². The van der Waals surface area contributed by atoms with Crippen LogP contribution in [0, 0.1) is 0 Å². The first kappa shape index (κ1) is 18.9. The number of aromatic nitrogens is 3. The Balaban J connectivity index is 1.71. The van der Waals surface area contributed by atoms with Crippen LogP contribution >= 0.6 is 0 Å². The van der Waals surface area contributed by atoms with Crippen molar-refractivity contribution in [1.29, 1.82) is 0 Å². The van der Waals surface area contributed by atoms with Crippen molar-refractivity contribution >= 4 is 11.0 Å². The van der Waals surface area contributed by atoms with Crippen LogP contribution in [0.25, 0.3) is 16.7 Å². The molecule has 0 saturated carbocycles. The number of nitrogens with one attached hydrogen (secondary N) is 2. The molecule has 1 aromatic carbocycles. The lowest BCUT2D eigenvalue weighted by Gasteiger charge is -2.15. The first-order valence-corrected chi connectivity index (χ1v) is 9.96. The zero-order chi connectivity index (χ0) is 19.7. The lowest BCUT2D eigenvalue weighted by Crippen LogP contribution is -2.28. The maximum absolute atomic E-state index is 12.7. The molecule has 1 saturated heterocycles. The van der Waals surface area contributed by atoms with Gasteiger partial charge in [-0.05, 0) is 31.0 Å². The molecule has 6 nitrogen and oxygen atoms in total. The van der Waals surface area contributed by atoms with E-state index in [0.29, 0.717) is 6.54 Å². The fourth-order valence-electron chi connectivity index (χ4n) is 3.73. The number of pyridine rings is 1. The first-order chi connectivity index (χ1) is 13.4. The Morgan fingerprint density at radius 3 is 2.75 bits per heavy atom. The molecule has 4 rings (SSSR count). The monoisotopic (exact) mass is 380 g/mol. The molecule has 1 aliphatic heterocycles. The third-order valence-corrected chi connectivity index (χ3v) is 5.19. The Hall–Kier alpha value is -2.44. The van der Waals surface area contributed by atoms with Gasteiger partial charge in [-0.25, -0.2) is 4.68 Å². The van der Waals surface area contributed by atoms with Gasteiger partial charge in [-0.2, -0.15) is 5.10 Å². The molecular formula is C22H28N4O2. The molecule has 148 valence electrons. The molecule has 1 atom stereocenters. The highest BCUT2D eigenvalue weighted by Crippen LogP contribution is 2.29. The molecule has 3 aromatic rings. The topological polar surface area (TPSA) is 71.9 Å². The zero-order valence-electron chi connectivity index (χ0n) is 16.8. The van der Waals surface area contributed by atoms with Gasteiger partial charge in [0, 0.05) is 36.1 Å². The number of H-pyrrole nitrogens is 1. The molecule has 0 aliphatic carbocycles. The van der Waals surface area contributed by atoms with E-state index >= 15 is 0 Å². The Kier molecular flexibility index (Phi) is 5.08. The van der Waals surface area contributed by atoms with Gasteiger partial charge in [0.25, 0.3) is 5.56 Å². The second kappa shape index (κ2) is 7.53. The fourth-order valence-corrected chi connectivity index (χ4v) is 3.73. The van der Waals surface area contributed by atoms with Crippen LogP contribution in [0.5, 0.6) is 0 Å². The van der Waals surface area contributed by atoms with Crippen molar-refractivity contribution in [3.63, 3.8) is 0 Å². The number of hydrogen-bond acceptors (Lipinski definition) is 4. The highest BCUT2D eigenvalue weighted by atomic mass is 16.5. The molecule has 28 heavy (non-hydrogen) atoms. The Morgan fingerprint density at radius 2 is 2.07 bits per heavy atom. The Labute approximate surface area is 164 Å². The molecule has 2 aromatic heterocycles. The van der Waals surface area contributed by atoms with Gasteiger partial charge < -0.3 is 15.0 Å². The van der Waals surface area contributed by atoms with Crippen molar-refractivity contribution in [2.24, 2.45) is 0 Å². The van der Waals surface area contributed by atoms with Crippen LogP contribution in [-0.2, 0) is 16.7 Å². The minimum Gasteiger partial charge on any atom is -0.377 e. The summed E-state index contributed by atoms with van der Waals surface area (Å²) >= 11 is 0. The molecular weight excluding hydrogens is 352 g/mol. The van der Waals surface area contributed by atoms with E-state index in [1.165, 1.54) is 0 Å². The highest BCUT2D eigenvalue weighted by molar-refractivity contribution is 5.81. The van der Waals surface area contributed by atoms with Gasteiger partial charge in [0.05, 0.1) is 17.5 Å². The van der Waals surface area contributed by atoms with Crippen LogP contribution in [0.3, 0.4) is 0 Å². The summed E-state index contributed by atoms with van der Waals surface area (Å²) in [6, 6.07) is 11.9. The van der Waals surface area contributed by atoms with Crippen molar-refractivity contribution in [1.82, 2.24) is 20.1 Å². The zero-order valence-corrected chi connectivity index (χ0v) is 16.8. The fraction of sp³-hybridized carbons (Fsp3) is 0.455. The number of hydrogen-bond donors (Lipinski definition) is 2. The lowest BCUT2D eigenvalue weighted by atomic mass is 9.90. The van der Waals surface area contributed by atoms with Crippen molar-refractivity contribution in [3.05, 3.63) is 58.0 Å². The number of rotatable bonds is 5. The van der Waals surface area contributed by atoms with Crippen LogP contribution in [0.4, 0.5) is 0 Å². The Morgan fingerprint density at radius 1 is 1.29 bits per heavy atom. The second-order valence-electron chi connectivity index (χ2n) is 8.50. The number of ether oxygens (including phenoxy) is 1. The third-order valence-electron chi connectivity index (χ3n) is 5.19. The summed E-state index contributed by atoms with van der Waals surface area (Å²) in [4.78, 5) is 15.8. The van der Waals surface area contributed by atoms with Gasteiger partial charge in [0.15, 0.2) is 0 Å². The maximum Gasteiger partial charge on any atom is 0.254 e. The van der Waals surface area contributed by atoms with E-state index < -0.39 is 0 Å². The van der Waals surface area contributed by atoms with Crippen LogP contribution < -0.4 is 10.9 Å². The predicted molar refractivity (Wildman–Crippen MR) is 111 cm³/mol. The Bertz CT molecular complexity index is 1010. The summed E-state index contributed by atoms with van der Waals surface area (Å²) in [6.07, 6.45) is 2.46.